The summed E-state index contributed by atoms with van der Waals surface area (Å²) in [6.45, 7) is 4.14. The Morgan fingerprint density at radius 3 is 3.12 bits per heavy atom. The van der Waals surface area contributed by atoms with Crippen molar-refractivity contribution in [1.82, 2.24) is 5.32 Å². The van der Waals surface area contributed by atoms with E-state index in [9.17, 15) is 0 Å². The van der Waals surface area contributed by atoms with Crippen LogP contribution in [0.15, 0.2) is 22.8 Å². The van der Waals surface area contributed by atoms with Crippen molar-refractivity contribution in [3.63, 3.8) is 0 Å². The largest absolute Gasteiger partial charge is 0.469 e. The third-order valence-electron chi connectivity index (χ3n) is 3.07. The van der Waals surface area contributed by atoms with E-state index in [1.165, 1.54) is 12.8 Å². The normalized spacial score (nSPS) is 22.4. The van der Waals surface area contributed by atoms with Crippen molar-refractivity contribution < 1.29 is 9.15 Å². The first-order valence-electron chi connectivity index (χ1n) is 6.27. The Bertz CT molecular complexity index is 278. The maximum absolute atomic E-state index is 5.76. The van der Waals surface area contributed by atoms with Crippen LogP contribution in [0.5, 0.6) is 0 Å². The predicted molar refractivity (Wildman–Crippen MR) is 63.5 cm³/mol. The molecule has 1 aliphatic heterocycles. The van der Waals surface area contributed by atoms with Crippen LogP contribution in [-0.2, 0) is 11.2 Å². The number of rotatable bonds is 6. The number of ether oxygens (including phenoxy) is 1. The predicted octanol–water partition coefficient (Wildman–Crippen LogP) is 2.37. The van der Waals surface area contributed by atoms with Crippen LogP contribution < -0.4 is 5.32 Å². The molecule has 1 fully saturated rings. The van der Waals surface area contributed by atoms with Crippen LogP contribution in [0.25, 0.3) is 0 Å². The number of hydrogen-bond acceptors (Lipinski definition) is 3. The number of hydrogen-bond donors (Lipinski definition) is 1. The molecule has 2 rings (SSSR count). The topological polar surface area (TPSA) is 34.4 Å². The van der Waals surface area contributed by atoms with Gasteiger partial charge in [-0.3, -0.25) is 0 Å². The third kappa shape index (κ3) is 3.09. The van der Waals surface area contributed by atoms with Crippen LogP contribution in [0.4, 0.5) is 0 Å². The lowest BCUT2D eigenvalue weighted by Crippen LogP contribution is -2.41. The molecule has 1 N–H and O–H groups in total. The van der Waals surface area contributed by atoms with Gasteiger partial charge in [-0.2, -0.15) is 0 Å². The van der Waals surface area contributed by atoms with Gasteiger partial charge >= 0.3 is 0 Å². The lowest BCUT2D eigenvalue weighted by molar-refractivity contribution is 0.0767. The monoisotopic (exact) mass is 223 g/mol. The fraction of sp³-hybridized carbons (Fsp3) is 0.692. The molecule has 0 bridgehead atoms. The van der Waals surface area contributed by atoms with Gasteiger partial charge < -0.3 is 14.5 Å². The van der Waals surface area contributed by atoms with Gasteiger partial charge in [-0.25, -0.2) is 0 Å². The molecule has 2 heterocycles. The Kier molecular flexibility index (Phi) is 4.43. The SMILES string of the molecule is CCCNC(Cc1ccco1)C1CCCO1. The van der Waals surface area contributed by atoms with Gasteiger partial charge in [0.05, 0.1) is 12.4 Å². The van der Waals surface area contributed by atoms with E-state index in [1.54, 1.807) is 6.26 Å². The average Bonchev–Trinajstić information content (AvgIpc) is 2.96. The first-order valence-corrected chi connectivity index (χ1v) is 6.27. The molecule has 16 heavy (non-hydrogen) atoms. The molecule has 0 saturated carbocycles. The van der Waals surface area contributed by atoms with Crippen molar-refractivity contribution in [2.24, 2.45) is 0 Å². The zero-order valence-electron chi connectivity index (χ0n) is 9.95. The highest BCUT2D eigenvalue weighted by Crippen LogP contribution is 2.18. The van der Waals surface area contributed by atoms with E-state index in [0.29, 0.717) is 12.1 Å². The van der Waals surface area contributed by atoms with Gasteiger partial charge in [0.15, 0.2) is 0 Å². The Hall–Kier alpha value is -0.800. The van der Waals surface area contributed by atoms with Gasteiger partial charge in [-0.15, -0.1) is 0 Å². The highest BCUT2D eigenvalue weighted by molar-refractivity contribution is 5.02. The Balaban J connectivity index is 1.90. The van der Waals surface area contributed by atoms with E-state index < -0.39 is 0 Å². The van der Waals surface area contributed by atoms with Gasteiger partial charge in [0.1, 0.15) is 5.76 Å². The maximum atomic E-state index is 5.76. The summed E-state index contributed by atoms with van der Waals surface area (Å²) < 4.78 is 11.2. The van der Waals surface area contributed by atoms with E-state index in [2.05, 4.69) is 12.2 Å². The molecule has 0 radical (unpaired) electrons. The van der Waals surface area contributed by atoms with E-state index in [-0.39, 0.29) is 0 Å². The number of furan rings is 1. The Morgan fingerprint density at radius 2 is 2.50 bits per heavy atom. The van der Waals surface area contributed by atoms with Gasteiger partial charge in [0, 0.05) is 19.1 Å². The van der Waals surface area contributed by atoms with Crippen molar-refractivity contribution in [2.45, 2.75) is 44.8 Å². The molecular weight excluding hydrogens is 202 g/mol. The molecule has 2 unspecified atom stereocenters. The summed E-state index contributed by atoms with van der Waals surface area (Å²) in [4.78, 5) is 0. The highest BCUT2D eigenvalue weighted by Gasteiger charge is 2.26. The highest BCUT2D eigenvalue weighted by atomic mass is 16.5. The van der Waals surface area contributed by atoms with Crippen LogP contribution >= 0.6 is 0 Å². The molecule has 90 valence electrons. The lowest BCUT2D eigenvalue weighted by atomic mass is 10.0. The fourth-order valence-electron chi connectivity index (χ4n) is 2.23. The summed E-state index contributed by atoms with van der Waals surface area (Å²) in [7, 11) is 0. The summed E-state index contributed by atoms with van der Waals surface area (Å²) in [6.07, 6.45) is 6.53. The second kappa shape index (κ2) is 6.06. The van der Waals surface area contributed by atoms with Crippen LogP contribution in [0.3, 0.4) is 0 Å². The second-order valence-corrected chi connectivity index (χ2v) is 4.40. The summed E-state index contributed by atoms with van der Waals surface area (Å²) in [5, 5.41) is 3.56. The van der Waals surface area contributed by atoms with E-state index in [0.717, 1.165) is 31.8 Å². The number of nitrogens with one attached hydrogen (secondary N) is 1. The molecule has 1 aliphatic rings. The van der Waals surface area contributed by atoms with Crippen LogP contribution in [0.1, 0.15) is 31.9 Å². The van der Waals surface area contributed by atoms with Crippen molar-refractivity contribution in [3.05, 3.63) is 24.2 Å². The fourth-order valence-corrected chi connectivity index (χ4v) is 2.23. The minimum atomic E-state index is 0.358. The summed E-state index contributed by atoms with van der Waals surface area (Å²) >= 11 is 0. The van der Waals surface area contributed by atoms with Crippen LogP contribution in [-0.4, -0.2) is 25.3 Å². The van der Waals surface area contributed by atoms with Gasteiger partial charge in [-0.05, 0) is 37.9 Å². The Morgan fingerprint density at radius 1 is 1.56 bits per heavy atom. The van der Waals surface area contributed by atoms with E-state index in [4.69, 9.17) is 9.15 Å². The lowest BCUT2D eigenvalue weighted by Gasteiger charge is -2.23. The molecule has 0 amide bonds. The van der Waals surface area contributed by atoms with Crippen molar-refractivity contribution in [2.75, 3.05) is 13.2 Å². The molecule has 3 heteroatoms. The maximum Gasteiger partial charge on any atom is 0.105 e. The zero-order chi connectivity index (χ0) is 11.2. The molecule has 0 spiro atoms. The average molecular weight is 223 g/mol. The molecule has 1 saturated heterocycles. The molecule has 1 aromatic heterocycles. The van der Waals surface area contributed by atoms with Crippen molar-refractivity contribution in [1.29, 1.82) is 0 Å². The van der Waals surface area contributed by atoms with Crippen molar-refractivity contribution in [3.8, 4) is 0 Å². The Labute approximate surface area is 97.2 Å². The molecule has 0 aliphatic carbocycles. The molecular formula is C13H21NO2. The summed E-state index contributed by atoms with van der Waals surface area (Å²) in [6, 6.07) is 4.38. The minimum Gasteiger partial charge on any atom is -0.469 e. The summed E-state index contributed by atoms with van der Waals surface area (Å²) in [5.41, 5.74) is 0. The van der Waals surface area contributed by atoms with Crippen molar-refractivity contribution >= 4 is 0 Å². The minimum absolute atomic E-state index is 0.358. The molecule has 0 aromatic carbocycles. The first kappa shape index (κ1) is 11.7. The first-order chi connectivity index (χ1) is 7.90. The van der Waals surface area contributed by atoms with E-state index in [1.807, 2.05) is 12.1 Å². The van der Waals surface area contributed by atoms with Gasteiger partial charge in [0.2, 0.25) is 0 Å². The quantitative estimate of drug-likeness (QED) is 0.804. The van der Waals surface area contributed by atoms with Crippen LogP contribution in [0.2, 0.25) is 0 Å². The smallest absolute Gasteiger partial charge is 0.105 e. The van der Waals surface area contributed by atoms with E-state index >= 15 is 0 Å². The van der Waals surface area contributed by atoms with Crippen LogP contribution in [0, 0.1) is 0 Å². The molecule has 1 aromatic rings. The van der Waals surface area contributed by atoms with Gasteiger partial charge in [0.25, 0.3) is 0 Å². The van der Waals surface area contributed by atoms with Gasteiger partial charge in [-0.1, -0.05) is 6.92 Å². The third-order valence-corrected chi connectivity index (χ3v) is 3.07. The standard InChI is InChI=1S/C13H21NO2/c1-2-7-14-12(13-6-4-9-16-13)10-11-5-3-8-15-11/h3,5,8,12-14H,2,4,6-7,9-10H2,1H3. The summed E-state index contributed by atoms with van der Waals surface area (Å²) in [5.74, 6) is 1.05. The second-order valence-electron chi connectivity index (χ2n) is 4.40. The zero-order valence-corrected chi connectivity index (χ0v) is 9.95. The molecule has 2 atom stereocenters. The molecule has 3 nitrogen and oxygen atoms in total.